The molecule has 0 saturated heterocycles. The van der Waals surface area contributed by atoms with Crippen molar-refractivity contribution >= 4 is 19.7 Å². The average Bonchev–Trinajstić information content (AvgIpc) is 3.06. The summed E-state index contributed by atoms with van der Waals surface area (Å²) in [6.45, 7) is 8.69. The number of benzene rings is 1. The van der Waals surface area contributed by atoms with Crippen LogP contribution >= 0.6 is 0 Å². The summed E-state index contributed by atoms with van der Waals surface area (Å²) >= 11 is 0. The summed E-state index contributed by atoms with van der Waals surface area (Å²) in [5.74, 6) is -0.417. The number of hydrogen-bond donors (Lipinski definition) is 0. The van der Waals surface area contributed by atoms with Crippen molar-refractivity contribution in [1.82, 2.24) is 0 Å². The van der Waals surface area contributed by atoms with Crippen LogP contribution in [0.3, 0.4) is 0 Å². The Bertz CT molecular complexity index is 1210. The summed E-state index contributed by atoms with van der Waals surface area (Å²) in [6, 6.07) is 6.23. The maximum atomic E-state index is 14.2. The molecule has 0 heterocycles. The summed E-state index contributed by atoms with van der Waals surface area (Å²) in [6.07, 6.45) is 25.1. The Morgan fingerprint density at radius 1 is 0.458 bits per heavy atom. The van der Waals surface area contributed by atoms with Crippen LogP contribution in [0.4, 0.5) is 0 Å². The average molecular weight is 705 g/mol. The van der Waals surface area contributed by atoms with Crippen LogP contribution in [0.2, 0.25) is 0 Å². The molecule has 2 atom stereocenters. The van der Waals surface area contributed by atoms with Gasteiger partial charge in [0.1, 0.15) is 12.1 Å². The molecule has 6 nitrogen and oxygen atoms in total. The van der Waals surface area contributed by atoms with E-state index in [4.69, 9.17) is 0 Å². The third-order valence-electron chi connectivity index (χ3n) is 9.77. The molecular weight excluding hydrogens is 637 g/mol. The van der Waals surface area contributed by atoms with Gasteiger partial charge in [0.15, 0.2) is 19.7 Å². The highest BCUT2D eigenvalue weighted by atomic mass is 32.2. The van der Waals surface area contributed by atoms with Gasteiger partial charge >= 0.3 is 0 Å². The predicted octanol–water partition coefficient (Wildman–Crippen LogP) is 11.7. The largest absolute Gasteiger partial charge is 0.224 e. The number of unbranched alkanes of at least 4 members (excludes halogenated alkanes) is 16. The molecule has 1 rings (SSSR count). The maximum Gasteiger partial charge on any atom is 0.179 e. The van der Waals surface area contributed by atoms with Crippen molar-refractivity contribution in [2.45, 2.75) is 192 Å². The summed E-state index contributed by atoms with van der Waals surface area (Å²) in [4.78, 5) is -0.576. The van der Waals surface area contributed by atoms with Gasteiger partial charge in [0, 0.05) is 0 Å². The quantitative estimate of drug-likeness (QED) is 0.0736. The standard InChI is InChI=1S/C40H68N2O4S2/c1-5-9-13-17-19-23-27-35(25-21-15-11-7-3)33-47(43,44)39-29-37(31-41)38(32-42)30-40(39)48(45,46)34-36(26-22-16-12-8-4)28-24-20-18-14-10-6-2/h29-30,35-36H,5-28,33-34H2,1-4H3. The molecule has 0 aliphatic heterocycles. The van der Waals surface area contributed by atoms with E-state index in [1.165, 1.54) is 50.7 Å². The Morgan fingerprint density at radius 3 is 0.979 bits per heavy atom. The van der Waals surface area contributed by atoms with Gasteiger partial charge in [0.2, 0.25) is 0 Å². The van der Waals surface area contributed by atoms with Gasteiger partial charge < -0.3 is 0 Å². The van der Waals surface area contributed by atoms with Crippen LogP contribution in [-0.4, -0.2) is 28.3 Å². The molecule has 1 aromatic rings. The number of hydrogen-bond acceptors (Lipinski definition) is 6. The van der Waals surface area contributed by atoms with Gasteiger partial charge in [-0.25, -0.2) is 16.8 Å². The molecule has 1 aromatic carbocycles. The SMILES string of the molecule is CCCCCCCCC(CCCCCC)CS(=O)(=O)c1cc(C#N)c(C#N)cc1S(=O)(=O)CC(CCCCCC)CCCCCCCC. The fourth-order valence-electron chi connectivity index (χ4n) is 6.80. The van der Waals surface area contributed by atoms with Crippen molar-refractivity contribution in [3.63, 3.8) is 0 Å². The smallest absolute Gasteiger partial charge is 0.179 e. The van der Waals surface area contributed by atoms with Crippen molar-refractivity contribution in [3.05, 3.63) is 23.3 Å². The first-order chi connectivity index (χ1) is 23.1. The van der Waals surface area contributed by atoms with Crippen LogP contribution in [-0.2, 0) is 19.7 Å². The zero-order chi connectivity index (χ0) is 35.7. The minimum Gasteiger partial charge on any atom is -0.224 e. The van der Waals surface area contributed by atoms with Crippen LogP contribution in [0.5, 0.6) is 0 Å². The lowest BCUT2D eigenvalue weighted by Crippen LogP contribution is -2.23. The molecule has 0 N–H and O–H groups in total. The molecule has 2 unspecified atom stereocenters. The van der Waals surface area contributed by atoms with Gasteiger partial charge in [0.05, 0.1) is 32.4 Å². The zero-order valence-corrected chi connectivity index (χ0v) is 32.7. The van der Waals surface area contributed by atoms with Gasteiger partial charge in [0.25, 0.3) is 0 Å². The van der Waals surface area contributed by atoms with E-state index in [0.717, 1.165) is 116 Å². The third kappa shape index (κ3) is 17.7. The van der Waals surface area contributed by atoms with E-state index in [2.05, 4.69) is 27.7 Å². The molecule has 0 radical (unpaired) electrons. The Kier molecular flexibility index (Phi) is 23.9. The monoisotopic (exact) mass is 704 g/mol. The highest BCUT2D eigenvalue weighted by molar-refractivity contribution is 7.94. The maximum absolute atomic E-state index is 14.2. The topological polar surface area (TPSA) is 116 Å². The van der Waals surface area contributed by atoms with Crippen molar-refractivity contribution in [3.8, 4) is 12.1 Å². The second kappa shape index (κ2) is 26.0. The third-order valence-corrected chi connectivity index (χ3v) is 13.7. The lowest BCUT2D eigenvalue weighted by molar-refractivity contribution is 0.430. The van der Waals surface area contributed by atoms with Gasteiger partial charge in [-0.1, -0.05) is 156 Å². The van der Waals surface area contributed by atoms with E-state index in [-0.39, 0.29) is 44.3 Å². The summed E-state index contributed by atoms with van der Waals surface area (Å²) in [5, 5.41) is 19.6. The number of rotatable bonds is 30. The molecule has 0 aliphatic carbocycles. The van der Waals surface area contributed by atoms with Crippen molar-refractivity contribution in [1.29, 1.82) is 10.5 Å². The fraction of sp³-hybridized carbons (Fsp3) is 0.800. The highest BCUT2D eigenvalue weighted by Crippen LogP contribution is 2.32. The first-order valence-corrected chi connectivity index (χ1v) is 22.8. The molecule has 0 saturated carbocycles. The predicted molar refractivity (Wildman–Crippen MR) is 200 cm³/mol. The zero-order valence-electron chi connectivity index (χ0n) is 31.0. The van der Waals surface area contributed by atoms with Crippen LogP contribution in [0.1, 0.15) is 193 Å². The number of nitrogens with zero attached hydrogens (tertiary/aromatic N) is 2. The molecule has 0 aromatic heterocycles. The minimum absolute atomic E-state index is 0.0752. The van der Waals surface area contributed by atoms with Crippen LogP contribution in [0, 0.1) is 34.5 Å². The summed E-state index contributed by atoms with van der Waals surface area (Å²) < 4.78 is 56.8. The highest BCUT2D eigenvalue weighted by Gasteiger charge is 2.32. The van der Waals surface area contributed by atoms with E-state index in [0.29, 0.717) is 0 Å². The minimum atomic E-state index is -4.05. The molecule has 0 fully saturated rings. The first-order valence-electron chi connectivity index (χ1n) is 19.5. The van der Waals surface area contributed by atoms with Crippen molar-refractivity contribution in [2.24, 2.45) is 11.8 Å². The van der Waals surface area contributed by atoms with Gasteiger partial charge in [-0.15, -0.1) is 0 Å². The molecular formula is C40H68N2O4S2. The molecule has 0 amide bonds. The second-order valence-corrected chi connectivity index (χ2v) is 18.2. The lowest BCUT2D eigenvalue weighted by atomic mass is 9.96. The fourth-order valence-corrected chi connectivity index (χ4v) is 11.2. The van der Waals surface area contributed by atoms with Crippen LogP contribution in [0.15, 0.2) is 21.9 Å². The van der Waals surface area contributed by atoms with E-state index in [1.54, 1.807) is 0 Å². The summed E-state index contributed by atoms with van der Waals surface area (Å²) in [7, 11) is -8.11. The van der Waals surface area contributed by atoms with Crippen molar-refractivity contribution < 1.29 is 16.8 Å². The normalized spacial score (nSPS) is 13.2. The van der Waals surface area contributed by atoms with Gasteiger partial charge in [-0.05, 0) is 49.7 Å². The Hall–Kier alpha value is -1.90. The lowest BCUT2D eigenvalue weighted by Gasteiger charge is -2.21. The molecule has 8 heteroatoms. The molecule has 0 bridgehead atoms. The van der Waals surface area contributed by atoms with Gasteiger partial charge in [-0.3, -0.25) is 0 Å². The van der Waals surface area contributed by atoms with Gasteiger partial charge in [-0.2, -0.15) is 10.5 Å². The Balaban J connectivity index is 3.39. The van der Waals surface area contributed by atoms with Crippen LogP contribution < -0.4 is 0 Å². The molecule has 0 spiro atoms. The van der Waals surface area contributed by atoms with E-state index < -0.39 is 19.7 Å². The molecule has 48 heavy (non-hydrogen) atoms. The molecule has 0 aliphatic rings. The summed E-state index contributed by atoms with van der Waals surface area (Å²) in [5.41, 5.74) is -0.178. The van der Waals surface area contributed by atoms with E-state index >= 15 is 0 Å². The second-order valence-electron chi connectivity index (χ2n) is 14.2. The van der Waals surface area contributed by atoms with Crippen molar-refractivity contribution in [2.75, 3.05) is 11.5 Å². The first kappa shape index (κ1) is 44.1. The number of sulfone groups is 2. The van der Waals surface area contributed by atoms with E-state index in [1.807, 2.05) is 12.1 Å². The Morgan fingerprint density at radius 2 is 0.708 bits per heavy atom. The molecule has 274 valence electrons. The van der Waals surface area contributed by atoms with Crippen LogP contribution in [0.25, 0.3) is 0 Å². The van der Waals surface area contributed by atoms with E-state index in [9.17, 15) is 27.4 Å². The number of nitriles is 2. The Labute approximate surface area is 296 Å².